The molecule has 0 aromatic rings. The number of ketones is 4. The quantitative estimate of drug-likeness (QED) is 0.289. The molecular formula is C20H38O8Ti. The summed E-state index contributed by atoms with van der Waals surface area (Å²) in [6, 6.07) is 0. The van der Waals surface area contributed by atoms with E-state index in [1.54, 1.807) is 41.5 Å². The molecule has 0 saturated heterocycles. The van der Waals surface area contributed by atoms with Crippen LogP contribution in [0.25, 0.3) is 0 Å². The van der Waals surface area contributed by atoms with E-state index in [1.807, 2.05) is 0 Å². The Bertz CT molecular complexity index is 366. The van der Waals surface area contributed by atoms with Crippen LogP contribution in [-0.4, -0.2) is 72.0 Å². The van der Waals surface area contributed by atoms with Crippen LogP contribution in [0, 0.1) is 13.8 Å². The summed E-state index contributed by atoms with van der Waals surface area (Å²) in [5.41, 5.74) is 0. The Morgan fingerprint density at radius 1 is 0.724 bits per heavy atom. The van der Waals surface area contributed by atoms with Crippen molar-refractivity contribution in [3.63, 3.8) is 0 Å². The first-order valence-electron chi connectivity index (χ1n) is 9.04. The number of aliphatic hydroxyl groups excluding tert-OH is 2. The molecule has 9 heteroatoms. The Kier molecular flexibility index (Phi) is 38.8. The van der Waals surface area contributed by atoms with Gasteiger partial charge in [-0.3, -0.25) is 9.59 Å². The van der Waals surface area contributed by atoms with Gasteiger partial charge in [0.2, 0.25) is 0 Å². The predicted molar refractivity (Wildman–Crippen MR) is 108 cm³/mol. The molecule has 0 aromatic carbocycles. The second kappa shape index (κ2) is 29.2. The fourth-order valence-corrected chi connectivity index (χ4v) is 0.974. The van der Waals surface area contributed by atoms with Gasteiger partial charge in [-0.2, -0.15) is 0 Å². The Morgan fingerprint density at radius 3 is 1.07 bits per heavy atom. The minimum Gasteiger partial charge on any atom is -0.394 e. The van der Waals surface area contributed by atoms with Gasteiger partial charge in [-0.05, 0) is 41.5 Å². The summed E-state index contributed by atoms with van der Waals surface area (Å²) in [4.78, 5) is 41.7. The van der Waals surface area contributed by atoms with E-state index in [4.69, 9.17) is 19.7 Å². The van der Waals surface area contributed by atoms with E-state index in [0.29, 0.717) is 13.2 Å². The van der Waals surface area contributed by atoms with E-state index in [9.17, 15) is 19.2 Å². The number of Topliss-reactive ketones (excluding diaryl/α,β-unsaturated/α-hetero) is 4. The minimum absolute atomic E-state index is 0. The Balaban J connectivity index is -0.0000000950. The van der Waals surface area contributed by atoms with Gasteiger partial charge < -0.3 is 43.1 Å². The number of carbonyl (C=O) groups excluding carboxylic acids is 4. The van der Waals surface area contributed by atoms with Gasteiger partial charge in [-0.15, -0.1) is 0 Å². The number of hydrogen-bond acceptors (Lipinski definition) is 8. The molecule has 0 aromatic heterocycles. The average Bonchev–Trinajstić information content (AvgIpc) is 2.49. The number of carbonyl (C=O) groups is 4. The molecule has 0 atom stereocenters. The summed E-state index contributed by atoms with van der Waals surface area (Å²) in [6.07, 6.45) is -0.556. The van der Waals surface area contributed by atoms with Gasteiger partial charge in [-0.25, -0.2) is 0 Å². The number of ether oxygens (including phenoxy) is 2. The second-order valence-corrected chi connectivity index (χ2v) is 5.97. The first kappa shape index (κ1) is 38.6. The van der Waals surface area contributed by atoms with Crippen molar-refractivity contribution < 1.29 is 60.6 Å². The zero-order chi connectivity index (χ0) is 23.1. The van der Waals surface area contributed by atoms with Crippen LogP contribution in [0.3, 0.4) is 0 Å². The summed E-state index contributed by atoms with van der Waals surface area (Å²) < 4.78 is 9.53. The second-order valence-electron chi connectivity index (χ2n) is 5.97. The minimum atomic E-state index is -0.357. The molecule has 0 aliphatic carbocycles. The number of aliphatic hydroxyl groups is 2. The summed E-state index contributed by atoms with van der Waals surface area (Å²) in [6.45, 7) is 17.7. The van der Waals surface area contributed by atoms with Crippen molar-refractivity contribution in [3.05, 3.63) is 13.8 Å². The van der Waals surface area contributed by atoms with Crippen molar-refractivity contribution in [2.75, 3.05) is 26.4 Å². The van der Waals surface area contributed by atoms with Crippen LogP contribution in [0.5, 0.6) is 0 Å². The monoisotopic (exact) mass is 454 g/mol. The van der Waals surface area contributed by atoms with E-state index >= 15 is 0 Å². The smallest absolute Gasteiger partial charge is 0.394 e. The van der Waals surface area contributed by atoms with Crippen molar-refractivity contribution in [2.24, 2.45) is 0 Å². The summed E-state index contributed by atoms with van der Waals surface area (Å²) >= 11 is 0. The maximum absolute atomic E-state index is 10.6. The third kappa shape index (κ3) is 75.0. The fraction of sp³-hybridized carbons (Fsp3) is 0.700. The molecule has 29 heavy (non-hydrogen) atoms. The molecule has 0 spiro atoms. The molecule has 2 N–H and O–H groups in total. The van der Waals surface area contributed by atoms with Gasteiger partial charge in [-0.1, -0.05) is 0 Å². The molecular weight excluding hydrogens is 416 g/mol. The van der Waals surface area contributed by atoms with Crippen LogP contribution in [0.4, 0.5) is 0 Å². The SMILES string of the molecule is CC(C)O.CC(C)O.[CH2-]C(=O)CC(=O)COCC.[CH2-]C(=O)CC(=O)COCC.[Ti+2]. The molecule has 0 aliphatic rings. The van der Waals surface area contributed by atoms with Crippen molar-refractivity contribution in [2.45, 2.75) is 66.6 Å². The molecule has 0 saturated carbocycles. The van der Waals surface area contributed by atoms with E-state index in [0.717, 1.165) is 0 Å². The number of rotatable bonds is 10. The zero-order valence-corrected chi connectivity index (χ0v) is 20.2. The van der Waals surface area contributed by atoms with Gasteiger partial charge in [0.15, 0.2) is 11.6 Å². The largest absolute Gasteiger partial charge is 2.00 e. The Hall–Kier alpha value is -1.03. The van der Waals surface area contributed by atoms with Crippen LogP contribution < -0.4 is 0 Å². The molecule has 0 fully saturated rings. The van der Waals surface area contributed by atoms with Gasteiger partial charge >= 0.3 is 21.7 Å². The van der Waals surface area contributed by atoms with Gasteiger partial charge in [0, 0.05) is 49.8 Å². The molecule has 0 radical (unpaired) electrons. The Labute approximate surface area is 190 Å². The van der Waals surface area contributed by atoms with Crippen molar-refractivity contribution in [1.82, 2.24) is 0 Å². The maximum atomic E-state index is 10.6. The summed E-state index contributed by atoms with van der Waals surface area (Å²) in [7, 11) is 0. The normalized spacial score (nSPS) is 8.90. The van der Waals surface area contributed by atoms with Crippen molar-refractivity contribution in [3.8, 4) is 0 Å². The fourth-order valence-electron chi connectivity index (χ4n) is 0.974. The van der Waals surface area contributed by atoms with Gasteiger partial charge in [0.25, 0.3) is 0 Å². The van der Waals surface area contributed by atoms with Crippen molar-refractivity contribution in [1.29, 1.82) is 0 Å². The summed E-state index contributed by atoms with van der Waals surface area (Å²) in [5.74, 6) is -1.13. The van der Waals surface area contributed by atoms with Crippen LogP contribution >= 0.6 is 0 Å². The van der Waals surface area contributed by atoms with Gasteiger partial charge in [0.1, 0.15) is 13.2 Å². The van der Waals surface area contributed by atoms with E-state index in [1.165, 1.54) is 0 Å². The van der Waals surface area contributed by atoms with E-state index in [-0.39, 0.29) is 83.1 Å². The average molecular weight is 454 g/mol. The van der Waals surface area contributed by atoms with E-state index in [2.05, 4.69) is 13.8 Å². The standard InChI is InChI=1S/2C7H11O3.2C3H8O.Ti/c2*1-3-10-5-7(9)4-6(2)8;2*1-3(2)4;/h2*2-5H2,1H3;2*3-4H,1-2H3;/q2*-1;;;+2. The van der Waals surface area contributed by atoms with Crippen LogP contribution in [-0.2, 0) is 50.4 Å². The Morgan fingerprint density at radius 2 is 0.931 bits per heavy atom. The molecule has 170 valence electrons. The van der Waals surface area contributed by atoms with Gasteiger partial charge in [0.05, 0.1) is 0 Å². The first-order chi connectivity index (χ1) is 12.8. The molecule has 0 unspecified atom stereocenters. The third-order valence-corrected chi connectivity index (χ3v) is 1.72. The van der Waals surface area contributed by atoms with Crippen LogP contribution in [0.1, 0.15) is 54.4 Å². The molecule has 0 heterocycles. The summed E-state index contributed by atoms with van der Waals surface area (Å²) in [5, 5.41) is 16.1. The van der Waals surface area contributed by atoms with Crippen molar-refractivity contribution >= 4 is 23.1 Å². The maximum Gasteiger partial charge on any atom is 2.00 e. The topological polar surface area (TPSA) is 127 Å². The zero-order valence-electron chi connectivity index (χ0n) is 18.7. The first-order valence-corrected chi connectivity index (χ1v) is 9.04. The number of hydrogen-bond donors (Lipinski definition) is 2. The van der Waals surface area contributed by atoms with Crippen LogP contribution in [0.2, 0.25) is 0 Å². The van der Waals surface area contributed by atoms with Crippen LogP contribution in [0.15, 0.2) is 0 Å². The third-order valence-electron chi connectivity index (χ3n) is 1.72. The molecule has 8 nitrogen and oxygen atoms in total. The molecule has 0 aliphatic heterocycles. The molecule has 0 amide bonds. The molecule has 0 rings (SSSR count). The van der Waals surface area contributed by atoms with E-state index < -0.39 is 0 Å². The predicted octanol–water partition coefficient (Wildman–Crippen LogP) is 1.54. The molecule has 0 bridgehead atoms.